The van der Waals surface area contributed by atoms with Crippen molar-refractivity contribution in [3.05, 3.63) is 206 Å². The maximum atomic E-state index is 10.5. The molecule has 7 aromatic carbocycles. The summed E-state index contributed by atoms with van der Waals surface area (Å²) in [5, 5.41) is 39.1. The van der Waals surface area contributed by atoms with E-state index in [2.05, 4.69) is 191 Å². The van der Waals surface area contributed by atoms with Crippen LogP contribution in [0.5, 0.6) is 34.5 Å². The number of amides is 3. The Balaban J connectivity index is -0.000000283. The third-order valence-corrected chi connectivity index (χ3v) is 13.9. The van der Waals surface area contributed by atoms with Gasteiger partial charge < -0.3 is 126 Å². The van der Waals surface area contributed by atoms with Crippen molar-refractivity contribution in [1.29, 1.82) is 0 Å². The van der Waals surface area contributed by atoms with Gasteiger partial charge in [-0.2, -0.15) is 21.3 Å². The Hall–Kier alpha value is -7.86. The van der Waals surface area contributed by atoms with Gasteiger partial charge in [-0.15, -0.1) is 53.5 Å². The Labute approximate surface area is 645 Å². The normalized spacial score (nSPS) is 9.28. The average molecular weight is 1590 g/mol. The monoisotopic (exact) mass is 1590 g/mol. The summed E-state index contributed by atoms with van der Waals surface area (Å²) in [7, 11) is 8.25. The second-order valence-electron chi connectivity index (χ2n) is 18.0. The van der Waals surface area contributed by atoms with Crippen LogP contribution < -0.4 is 62.1 Å². The minimum absolute atomic E-state index is 0. The van der Waals surface area contributed by atoms with Crippen molar-refractivity contribution in [2.45, 2.75) is 53.5 Å². The van der Waals surface area contributed by atoms with E-state index in [1.807, 2.05) is 12.1 Å². The van der Waals surface area contributed by atoms with E-state index in [0.29, 0.717) is 71.0 Å². The van der Waals surface area contributed by atoms with Gasteiger partial charge in [0.15, 0.2) is 0 Å². The Bertz CT molecular complexity index is 2870. The molecule has 0 aliphatic rings. The van der Waals surface area contributed by atoms with Crippen LogP contribution in [-0.2, 0) is 155 Å². The zero-order valence-electron chi connectivity index (χ0n) is 54.4. The SMILES string of the molecule is CC(C)C.C[SiH2]c1ccc(N)cc1.C[SiH2]c1ccc(NC(C)Nc2ccc([SiH2]C)cc2)cc1.O=[C-]Nc1ccc(Oc2cc(Oc3ccc(N[C-]=O)cc3)cc(Oc3ccc(N[C-]=O)cc3)c2)cc1.O=[C-]O.O=[C-]O.O=[C-]O.[CH2-]OC([CH2-])=O.[CH2-]OC([CH2-])=O.[CH2-]OC([CH2-])=O.[Y].[Y].[Y]. The van der Waals surface area contributed by atoms with Crippen molar-refractivity contribution in [2.24, 2.45) is 5.92 Å². The van der Waals surface area contributed by atoms with Crippen molar-refractivity contribution < 1.29 is 185 Å². The molecule has 0 atom stereocenters. The first-order valence-electron chi connectivity index (χ1n) is 27.3. The summed E-state index contributed by atoms with van der Waals surface area (Å²) in [5.74, 6) is 1.90. The van der Waals surface area contributed by atoms with Gasteiger partial charge in [-0.1, -0.05) is 112 Å². The minimum atomic E-state index is -0.606. The van der Waals surface area contributed by atoms with Crippen LogP contribution in [0.25, 0.3) is 0 Å². The molecule has 0 saturated carbocycles. The number of nitrogens with one attached hydrogen (secondary N) is 5. The van der Waals surface area contributed by atoms with Crippen LogP contribution in [0.1, 0.15) is 27.7 Å². The number of hydrogen-bond donors (Lipinski definition) is 9. The third kappa shape index (κ3) is 56.5. The number of ether oxygens (including phenoxy) is 6. The number of carbonyl (C=O) groups is 3. The van der Waals surface area contributed by atoms with E-state index in [9.17, 15) is 28.8 Å². The van der Waals surface area contributed by atoms with Crippen LogP contribution in [0.2, 0.25) is 19.6 Å². The fourth-order valence-corrected chi connectivity index (χ4v) is 8.21. The molecule has 513 valence electrons. The number of aliphatic hydroxyl groups excluding tert-OH is 3. The number of carbonyl (C=O) groups excluding carboxylic acids is 6. The number of benzene rings is 7. The zero-order valence-corrected chi connectivity index (χ0v) is 67.1. The summed E-state index contributed by atoms with van der Waals surface area (Å²) in [5.41, 5.74) is 10.4. The Morgan fingerprint density at radius 1 is 0.396 bits per heavy atom. The second kappa shape index (κ2) is 65.8. The van der Waals surface area contributed by atoms with Crippen LogP contribution in [0, 0.1) is 48.0 Å². The topological polar surface area (TPSA) is 356 Å². The average Bonchev–Trinajstić information content (AvgIpc) is 0.857. The predicted molar refractivity (Wildman–Crippen MR) is 372 cm³/mol. The van der Waals surface area contributed by atoms with Gasteiger partial charge in [0.25, 0.3) is 0 Å². The van der Waals surface area contributed by atoms with Gasteiger partial charge >= 0.3 is 0 Å². The van der Waals surface area contributed by atoms with Crippen LogP contribution in [0.4, 0.5) is 34.1 Å². The van der Waals surface area contributed by atoms with E-state index in [1.165, 1.54) is 26.9 Å². The third-order valence-electron chi connectivity index (χ3n) is 10.1. The van der Waals surface area contributed by atoms with Gasteiger partial charge in [0.05, 0.1) is 54.0 Å². The molecule has 0 fully saturated rings. The van der Waals surface area contributed by atoms with Crippen molar-refractivity contribution in [3.63, 3.8) is 0 Å². The van der Waals surface area contributed by atoms with Gasteiger partial charge in [0, 0.05) is 133 Å². The van der Waals surface area contributed by atoms with Gasteiger partial charge in [0.1, 0.15) is 52.4 Å². The molecule has 96 heavy (non-hydrogen) atoms. The van der Waals surface area contributed by atoms with Crippen molar-refractivity contribution in [1.82, 2.24) is 0 Å². The first kappa shape index (κ1) is 99.2. The maximum Gasteiger partial charge on any atom is 0.134 e. The largest absolute Gasteiger partial charge is 0.665 e. The van der Waals surface area contributed by atoms with Gasteiger partial charge in [-0.3, -0.25) is 14.4 Å². The number of nitrogens with two attached hydrogens (primary N) is 1. The van der Waals surface area contributed by atoms with E-state index < -0.39 is 17.9 Å². The summed E-state index contributed by atoms with van der Waals surface area (Å²) < 4.78 is 29.2. The number of nitrogen functional groups attached to an aromatic ring is 1. The van der Waals surface area contributed by atoms with E-state index in [1.54, 1.807) is 110 Å². The molecule has 0 heterocycles. The molecule has 3 radical (unpaired) electrons. The second-order valence-corrected chi connectivity index (χ2v) is 22.5. The van der Waals surface area contributed by atoms with Crippen LogP contribution in [-0.4, -0.2) is 107 Å². The fraction of sp³-hybridized carbons (Fsp3) is 0.136. The van der Waals surface area contributed by atoms with Crippen molar-refractivity contribution >= 4 is 135 Å². The van der Waals surface area contributed by atoms with Crippen molar-refractivity contribution in [3.8, 4) is 34.5 Å². The molecule has 7 aromatic rings. The molecule has 0 saturated heterocycles. The molecular formula is C66H78N6O18Si3Y3-12. The summed E-state index contributed by atoms with van der Waals surface area (Å²) in [6.07, 6.45) is 5.06. The number of hydrogen-bond acceptors (Lipinski definition) is 18. The summed E-state index contributed by atoms with van der Waals surface area (Å²) in [6.45, 7) is 25.5. The Kier molecular flexibility index (Phi) is 68.0. The molecule has 0 bridgehead atoms. The smallest absolute Gasteiger partial charge is 0.134 e. The van der Waals surface area contributed by atoms with Crippen LogP contribution in [0.15, 0.2) is 164 Å². The van der Waals surface area contributed by atoms with Gasteiger partial charge in [-0.25, -0.2) is 0 Å². The molecule has 30 heteroatoms. The summed E-state index contributed by atoms with van der Waals surface area (Å²) in [6, 6.07) is 51.1. The molecule has 0 aliphatic heterocycles. The Morgan fingerprint density at radius 3 is 0.760 bits per heavy atom. The summed E-state index contributed by atoms with van der Waals surface area (Å²) >= 11 is 0. The minimum Gasteiger partial charge on any atom is -0.665 e. The molecule has 0 unspecified atom stereocenters. The molecule has 3 amide bonds. The maximum absolute atomic E-state index is 10.5. The van der Waals surface area contributed by atoms with Gasteiger partial charge in [-0.05, 0) is 85.6 Å². The molecule has 10 N–H and O–H groups in total. The molecule has 0 aromatic heterocycles. The quantitative estimate of drug-likeness (QED) is 0.00708. The molecule has 0 spiro atoms. The Morgan fingerprint density at radius 2 is 0.583 bits per heavy atom. The predicted octanol–water partition coefficient (Wildman–Crippen LogP) is 7.81. The number of anilines is 6. The zero-order chi connectivity index (χ0) is 70.8. The molecular weight excluding hydrogens is 1520 g/mol. The van der Waals surface area contributed by atoms with E-state index in [4.69, 9.17) is 49.6 Å². The first-order chi connectivity index (χ1) is 44.5. The molecule has 0 aliphatic carbocycles. The molecule has 7 rings (SSSR count). The van der Waals surface area contributed by atoms with Crippen molar-refractivity contribution in [2.75, 3.05) is 32.3 Å². The van der Waals surface area contributed by atoms with E-state index in [0.717, 1.165) is 11.6 Å². The fourth-order valence-electron chi connectivity index (χ4n) is 6.09. The van der Waals surface area contributed by atoms with E-state index in [-0.39, 0.29) is 133 Å². The number of rotatable bonds is 19. The van der Waals surface area contributed by atoms with Crippen LogP contribution >= 0.6 is 0 Å². The first-order valence-corrected chi connectivity index (χ1v) is 33.7. The summed E-state index contributed by atoms with van der Waals surface area (Å²) in [4.78, 5) is 84.4. The van der Waals surface area contributed by atoms with Gasteiger partial charge in [0.2, 0.25) is 0 Å². The number of esters is 3. The van der Waals surface area contributed by atoms with Crippen LogP contribution in [0.3, 0.4) is 0 Å². The van der Waals surface area contributed by atoms with E-state index >= 15 is 0 Å². The molecule has 24 nitrogen and oxygen atoms in total. The standard InChI is InChI=1S/C27H18N3O6.C16H24N2Si2.C7H11NSi.C4H10.3C3H4O2.3CHO2.3Y/c31-16-28-19-1-7-22(8-2-19)34-25-13-26(35-23-9-3-20(4-10-23)29-17-32)15-27(14-25)36-24-11-5-21(6-12-24)30-18-33;1-12(17-13-4-8-15(19-2)9-5-13)18-14-6-10-16(20-3)11-7-14;1-9-7-4-2-6(8)3-5-7;1-4(2)3;3*1-3(4)5-2;3*2-1-3;;;/h1-15H,(H,28,31)(H,29,32)(H,30,33);4-12,17-18H,19-20H2,1-3H3;2-5H,8-9H2,1H3;4H,1-3H3;3*1-2H2;3*(H,2,3);;;/q-3;;;;3*-2;3*-1;;;.